The molecule has 3 rings (SSSR count). The van der Waals surface area contributed by atoms with Gasteiger partial charge in [0.05, 0.1) is 6.61 Å². The van der Waals surface area contributed by atoms with Crippen molar-refractivity contribution >= 4 is 0 Å². The molecule has 1 aliphatic heterocycles. The summed E-state index contributed by atoms with van der Waals surface area (Å²) in [7, 11) is 0. The Bertz CT molecular complexity index is 708. The number of benzene rings is 2. The monoisotopic (exact) mass is 372 g/mol. The fourth-order valence-corrected chi connectivity index (χ4v) is 3.71. The normalized spacial score (nSPS) is 18.6. The van der Waals surface area contributed by atoms with Crippen molar-refractivity contribution in [3.05, 3.63) is 65.5 Å². The van der Waals surface area contributed by atoms with Gasteiger partial charge in [-0.05, 0) is 48.7 Å². The average molecular weight is 372 g/mol. The van der Waals surface area contributed by atoms with E-state index in [0.717, 1.165) is 50.5 Å². The highest BCUT2D eigenvalue weighted by Gasteiger charge is 2.26. The van der Waals surface area contributed by atoms with E-state index in [9.17, 15) is 9.50 Å². The molecule has 0 radical (unpaired) electrons. The van der Waals surface area contributed by atoms with Crippen molar-refractivity contribution in [1.29, 1.82) is 0 Å². The van der Waals surface area contributed by atoms with Crippen LogP contribution in [0.3, 0.4) is 0 Å². The zero-order chi connectivity index (χ0) is 19.1. The average Bonchev–Trinajstić information content (AvgIpc) is 2.66. The van der Waals surface area contributed by atoms with Crippen LogP contribution in [0.25, 0.3) is 0 Å². The van der Waals surface area contributed by atoms with Crippen molar-refractivity contribution < 1.29 is 14.2 Å². The number of hydrogen-bond donors (Lipinski definition) is 1. The number of ether oxygens (including phenoxy) is 1. The molecular formula is C22H29FN2O2. The summed E-state index contributed by atoms with van der Waals surface area (Å²) in [6.45, 7) is 7.34. The minimum Gasteiger partial charge on any atom is -0.494 e. The topological polar surface area (TPSA) is 35.9 Å². The van der Waals surface area contributed by atoms with Gasteiger partial charge in [0.15, 0.2) is 0 Å². The Morgan fingerprint density at radius 3 is 2.63 bits per heavy atom. The lowest BCUT2D eigenvalue weighted by Crippen LogP contribution is -2.52. The molecule has 0 amide bonds. The minimum atomic E-state index is -0.204. The van der Waals surface area contributed by atoms with Gasteiger partial charge in [0.2, 0.25) is 0 Å². The van der Waals surface area contributed by atoms with Crippen molar-refractivity contribution in [1.82, 2.24) is 9.80 Å². The Balaban J connectivity index is 1.61. The molecule has 1 atom stereocenters. The molecule has 146 valence electrons. The third kappa shape index (κ3) is 5.76. The predicted molar refractivity (Wildman–Crippen MR) is 105 cm³/mol. The maximum Gasteiger partial charge on any atom is 0.123 e. The van der Waals surface area contributed by atoms with Crippen molar-refractivity contribution in [3.8, 4) is 5.75 Å². The predicted octanol–water partition coefficient (Wildman–Crippen LogP) is 3.29. The van der Waals surface area contributed by atoms with Crippen molar-refractivity contribution in [2.24, 2.45) is 0 Å². The molecule has 0 saturated carbocycles. The molecule has 1 N–H and O–H groups in total. The summed E-state index contributed by atoms with van der Waals surface area (Å²) in [6, 6.07) is 15.3. The summed E-state index contributed by atoms with van der Waals surface area (Å²) in [5.74, 6) is 0.710. The van der Waals surface area contributed by atoms with E-state index in [1.165, 1.54) is 17.7 Å². The molecule has 1 unspecified atom stereocenters. The zero-order valence-corrected chi connectivity index (χ0v) is 16.0. The molecule has 0 spiro atoms. The second-order valence-electron chi connectivity index (χ2n) is 7.08. The van der Waals surface area contributed by atoms with Crippen LogP contribution in [0.4, 0.5) is 4.39 Å². The highest BCUT2D eigenvalue weighted by molar-refractivity contribution is 5.28. The van der Waals surface area contributed by atoms with E-state index in [1.807, 2.05) is 31.2 Å². The van der Waals surface area contributed by atoms with Gasteiger partial charge in [0, 0.05) is 45.4 Å². The number of hydrogen-bond acceptors (Lipinski definition) is 4. The van der Waals surface area contributed by atoms with Gasteiger partial charge in [-0.1, -0.05) is 24.3 Å². The Kier molecular flexibility index (Phi) is 7.21. The van der Waals surface area contributed by atoms with Gasteiger partial charge < -0.3 is 9.84 Å². The molecule has 0 aliphatic carbocycles. The Hall–Kier alpha value is -1.95. The lowest BCUT2D eigenvalue weighted by atomic mass is 10.1. The smallest absolute Gasteiger partial charge is 0.123 e. The SMILES string of the molecule is CCOc1cccc(CN2CCN(Cc3ccc(F)cc3)C(CCO)C2)c1. The van der Waals surface area contributed by atoms with Crippen molar-refractivity contribution in [3.63, 3.8) is 0 Å². The van der Waals surface area contributed by atoms with E-state index in [2.05, 4.69) is 21.9 Å². The quantitative estimate of drug-likeness (QED) is 0.771. The standard InChI is InChI=1S/C22H29FN2O2/c1-2-27-22-5-3-4-19(14-22)15-24-11-12-25(21(17-24)10-13-26)16-18-6-8-20(23)9-7-18/h3-9,14,21,26H,2,10-13,15-17H2,1H3. The van der Waals surface area contributed by atoms with Crippen LogP contribution in [0, 0.1) is 5.82 Å². The third-order valence-corrected chi connectivity index (χ3v) is 5.07. The van der Waals surface area contributed by atoms with Gasteiger partial charge in [0.1, 0.15) is 11.6 Å². The molecule has 0 aromatic heterocycles. The highest BCUT2D eigenvalue weighted by atomic mass is 19.1. The van der Waals surface area contributed by atoms with Crippen molar-refractivity contribution in [2.75, 3.05) is 32.8 Å². The van der Waals surface area contributed by atoms with E-state index in [-0.39, 0.29) is 12.4 Å². The summed E-state index contributed by atoms with van der Waals surface area (Å²) in [5, 5.41) is 9.50. The first-order valence-corrected chi connectivity index (χ1v) is 9.71. The molecule has 5 heteroatoms. The van der Waals surface area contributed by atoms with Crippen LogP contribution >= 0.6 is 0 Å². The van der Waals surface area contributed by atoms with Crippen LogP contribution in [0.2, 0.25) is 0 Å². The zero-order valence-electron chi connectivity index (χ0n) is 16.0. The molecule has 27 heavy (non-hydrogen) atoms. The molecule has 1 fully saturated rings. The van der Waals surface area contributed by atoms with Crippen LogP contribution in [-0.4, -0.2) is 53.8 Å². The Labute approximate surface area is 161 Å². The second-order valence-corrected chi connectivity index (χ2v) is 7.08. The van der Waals surface area contributed by atoms with Gasteiger partial charge in [-0.15, -0.1) is 0 Å². The maximum atomic E-state index is 13.1. The van der Waals surface area contributed by atoms with Crippen molar-refractivity contribution in [2.45, 2.75) is 32.5 Å². The number of piperazine rings is 1. The van der Waals surface area contributed by atoms with Crippen LogP contribution in [-0.2, 0) is 13.1 Å². The fourth-order valence-electron chi connectivity index (χ4n) is 3.71. The highest BCUT2D eigenvalue weighted by Crippen LogP contribution is 2.20. The van der Waals surface area contributed by atoms with E-state index in [4.69, 9.17) is 4.74 Å². The molecule has 1 saturated heterocycles. The van der Waals surface area contributed by atoms with Crippen LogP contribution in [0.5, 0.6) is 5.75 Å². The lowest BCUT2D eigenvalue weighted by molar-refractivity contribution is 0.0499. The molecule has 2 aromatic carbocycles. The minimum absolute atomic E-state index is 0.179. The van der Waals surface area contributed by atoms with Gasteiger partial charge >= 0.3 is 0 Å². The van der Waals surface area contributed by atoms with Crippen LogP contribution < -0.4 is 4.74 Å². The molecule has 1 aliphatic rings. The summed E-state index contributed by atoms with van der Waals surface area (Å²) in [5.41, 5.74) is 2.35. The van der Waals surface area contributed by atoms with E-state index >= 15 is 0 Å². The van der Waals surface area contributed by atoms with Gasteiger partial charge in [0.25, 0.3) is 0 Å². The molecule has 1 heterocycles. The van der Waals surface area contributed by atoms with Gasteiger partial charge in [-0.2, -0.15) is 0 Å². The molecule has 2 aromatic rings. The van der Waals surface area contributed by atoms with Gasteiger partial charge in [-0.25, -0.2) is 4.39 Å². The number of halogens is 1. The number of aliphatic hydroxyl groups excluding tert-OH is 1. The largest absolute Gasteiger partial charge is 0.494 e. The summed E-state index contributed by atoms with van der Waals surface area (Å²) in [6.07, 6.45) is 0.747. The summed E-state index contributed by atoms with van der Waals surface area (Å²) >= 11 is 0. The van der Waals surface area contributed by atoms with Crippen LogP contribution in [0.15, 0.2) is 48.5 Å². The second kappa shape index (κ2) is 9.83. The Morgan fingerprint density at radius 1 is 1.07 bits per heavy atom. The van der Waals surface area contributed by atoms with Gasteiger partial charge in [-0.3, -0.25) is 9.80 Å². The molecule has 0 bridgehead atoms. The van der Waals surface area contributed by atoms with E-state index in [1.54, 1.807) is 0 Å². The Morgan fingerprint density at radius 2 is 1.89 bits per heavy atom. The third-order valence-electron chi connectivity index (χ3n) is 5.07. The number of aliphatic hydroxyl groups is 1. The fraction of sp³-hybridized carbons (Fsp3) is 0.455. The first-order valence-electron chi connectivity index (χ1n) is 9.71. The summed E-state index contributed by atoms with van der Waals surface area (Å²) < 4.78 is 18.7. The maximum absolute atomic E-state index is 13.1. The van der Waals surface area contributed by atoms with E-state index < -0.39 is 0 Å². The first kappa shape index (κ1) is 19.8. The molecular weight excluding hydrogens is 343 g/mol. The molecule has 4 nitrogen and oxygen atoms in total. The number of rotatable bonds is 8. The summed E-state index contributed by atoms with van der Waals surface area (Å²) in [4.78, 5) is 4.84. The first-order chi connectivity index (χ1) is 13.2. The number of nitrogens with zero attached hydrogens (tertiary/aromatic N) is 2. The van der Waals surface area contributed by atoms with Crippen LogP contribution in [0.1, 0.15) is 24.5 Å². The van der Waals surface area contributed by atoms with E-state index in [0.29, 0.717) is 12.6 Å². The lowest BCUT2D eigenvalue weighted by Gasteiger charge is -2.41.